The summed E-state index contributed by atoms with van der Waals surface area (Å²) in [4.78, 5) is 11.3. The molecule has 100 valence electrons. The number of nitrogens with one attached hydrogen (secondary N) is 2. The van der Waals surface area contributed by atoms with Crippen LogP contribution in [0.25, 0.3) is 0 Å². The lowest BCUT2D eigenvalue weighted by Crippen LogP contribution is -2.44. The van der Waals surface area contributed by atoms with Crippen LogP contribution in [0.15, 0.2) is 12.1 Å². The molecular formula is C12H21N5O. The number of carbonyl (C=O) groups is 1. The Bertz CT molecular complexity index is 378. The number of carbonyl (C=O) groups excluding carboxylic acids is 1. The monoisotopic (exact) mass is 251 g/mol. The number of rotatable bonds is 6. The summed E-state index contributed by atoms with van der Waals surface area (Å²) in [5.74, 6) is 0.391. The van der Waals surface area contributed by atoms with E-state index in [9.17, 15) is 4.79 Å². The van der Waals surface area contributed by atoms with Gasteiger partial charge in [0, 0.05) is 13.6 Å². The molecule has 1 aromatic rings. The summed E-state index contributed by atoms with van der Waals surface area (Å²) in [6.07, 6.45) is 1.80. The molecule has 0 aromatic carbocycles. The van der Waals surface area contributed by atoms with Gasteiger partial charge in [-0.1, -0.05) is 13.8 Å². The van der Waals surface area contributed by atoms with Gasteiger partial charge in [-0.25, -0.2) is 0 Å². The van der Waals surface area contributed by atoms with E-state index < -0.39 is 0 Å². The maximum absolute atomic E-state index is 11.3. The Labute approximate surface area is 107 Å². The predicted octanol–water partition coefficient (Wildman–Crippen LogP) is 0.766. The van der Waals surface area contributed by atoms with Gasteiger partial charge in [-0.15, -0.1) is 10.2 Å². The Morgan fingerprint density at radius 3 is 2.39 bits per heavy atom. The van der Waals surface area contributed by atoms with Gasteiger partial charge in [0.05, 0.1) is 5.54 Å². The minimum Gasteiger partial charge on any atom is -0.362 e. The molecular weight excluding hydrogens is 230 g/mol. The summed E-state index contributed by atoms with van der Waals surface area (Å²) in [5, 5.41) is 13.7. The molecule has 6 heteroatoms. The van der Waals surface area contributed by atoms with Crippen molar-refractivity contribution in [1.29, 1.82) is 0 Å². The molecule has 1 heterocycles. The van der Waals surface area contributed by atoms with Crippen molar-refractivity contribution in [1.82, 2.24) is 15.5 Å². The molecule has 0 saturated carbocycles. The van der Waals surface area contributed by atoms with Crippen molar-refractivity contribution in [2.24, 2.45) is 5.73 Å². The SMILES string of the molecule is CCC(CC)(CN)Nc1ccc(C(=O)NC)nn1. The second-order valence-electron chi connectivity index (χ2n) is 4.20. The lowest BCUT2D eigenvalue weighted by atomic mass is 9.93. The molecule has 0 aliphatic heterocycles. The van der Waals surface area contributed by atoms with Crippen LogP contribution in [0.5, 0.6) is 0 Å². The fraction of sp³-hybridized carbons (Fsp3) is 0.583. The molecule has 0 saturated heterocycles. The van der Waals surface area contributed by atoms with Crippen LogP contribution < -0.4 is 16.4 Å². The molecule has 1 amide bonds. The second-order valence-corrected chi connectivity index (χ2v) is 4.20. The van der Waals surface area contributed by atoms with Gasteiger partial charge in [0.1, 0.15) is 5.82 Å². The maximum atomic E-state index is 11.3. The van der Waals surface area contributed by atoms with E-state index in [4.69, 9.17) is 5.73 Å². The van der Waals surface area contributed by atoms with Crippen LogP contribution in [-0.4, -0.2) is 35.2 Å². The quantitative estimate of drug-likeness (QED) is 0.694. The second kappa shape index (κ2) is 6.30. The first kappa shape index (κ1) is 14.4. The van der Waals surface area contributed by atoms with E-state index in [0.29, 0.717) is 18.1 Å². The Morgan fingerprint density at radius 2 is 2.00 bits per heavy atom. The third-order valence-corrected chi connectivity index (χ3v) is 3.26. The highest BCUT2D eigenvalue weighted by Gasteiger charge is 2.24. The topological polar surface area (TPSA) is 92.9 Å². The predicted molar refractivity (Wildman–Crippen MR) is 71.4 cm³/mol. The van der Waals surface area contributed by atoms with Crippen molar-refractivity contribution in [2.75, 3.05) is 18.9 Å². The number of nitrogens with zero attached hydrogens (tertiary/aromatic N) is 2. The molecule has 0 unspecified atom stereocenters. The van der Waals surface area contributed by atoms with Crippen molar-refractivity contribution < 1.29 is 4.79 Å². The minimum atomic E-state index is -0.245. The normalized spacial score (nSPS) is 11.1. The number of anilines is 1. The standard InChI is InChI=1S/C12H21N5O/c1-4-12(5-2,8-13)15-10-7-6-9(16-17-10)11(18)14-3/h6-7H,4-5,8,13H2,1-3H3,(H,14,18)(H,15,17). The van der Waals surface area contributed by atoms with Crippen LogP contribution in [0.3, 0.4) is 0 Å². The molecule has 6 nitrogen and oxygen atoms in total. The zero-order chi connectivity index (χ0) is 13.6. The summed E-state index contributed by atoms with van der Waals surface area (Å²) in [7, 11) is 1.56. The van der Waals surface area contributed by atoms with E-state index in [2.05, 4.69) is 34.7 Å². The zero-order valence-electron chi connectivity index (χ0n) is 11.2. The summed E-state index contributed by atoms with van der Waals surface area (Å²) < 4.78 is 0. The van der Waals surface area contributed by atoms with Gasteiger partial charge in [0.25, 0.3) is 5.91 Å². The van der Waals surface area contributed by atoms with Crippen LogP contribution >= 0.6 is 0 Å². The number of amides is 1. The van der Waals surface area contributed by atoms with Gasteiger partial charge in [0.2, 0.25) is 0 Å². The van der Waals surface area contributed by atoms with Crippen molar-refractivity contribution in [3.8, 4) is 0 Å². The van der Waals surface area contributed by atoms with Crippen LogP contribution in [0.4, 0.5) is 5.82 Å². The van der Waals surface area contributed by atoms with Gasteiger partial charge >= 0.3 is 0 Å². The molecule has 1 aromatic heterocycles. The Balaban J connectivity index is 2.83. The minimum absolute atomic E-state index is 0.163. The van der Waals surface area contributed by atoms with Crippen molar-refractivity contribution >= 4 is 11.7 Å². The van der Waals surface area contributed by atoms with Crippen LogP contribution in [0, 0.1) is 0 Å². The van der Waals surface area contributed by atoms with E-state index in [1.807, 2.05) is 0 Å². The van der Waals surface area contributed by atoms with Gasteiger partial charge in [-0.2, -0.15) is 0 Å². The van der Waals surface area contributed by atoms with Crippen LogP contribution in [-0.2, 0) is 0 Å². The fourth-order valence-electron chi connectivity index (χ4n) is 1.69. The van der Waals surface area contributed by atoms with Gasteiger partial charge in [-0.05, 0) is 25.0 Å². The largest absolute Gasteiger partial charge is 0.362 e. The van der Waals surface area contributed by atoms with E-state index in [0.717, 1.165) is 12.8 Å². The van der Waals surface area contributed by atoms with Crippen molar-refractivity contribution in [2.45, 2.75) is 32.2 Å². The van der Waals surface area contributed by atoms with E-state index in [-0.39, 0.29) is 11.4 Å². The highest BCUT2D eigenvalue weighted by atomic mass is 16.1. The Morgan fingerprint density at radius 1 is 1.33 bits per heavy atom. The molecule has 0 aliphatic rings. The van der Waals surface area contributed by atoms with E-state index in [1.54, 1.807) is 19.2 Å². The van der Waals surface area contributed by atoms with E-state index >= 15 is 0 Å². The summed E-state index contributed by atoms with van der Waals surface area (Å²) >= 11 is 0. The maximum Gasteiger partial charge on any atom is 0.271 e. The van der Waals surface area contributed by atoms with Crippen molar-refractivity contribution in [3.63, 3.8) is 0 Å². The first-order valence-electron chi connectivity index (χ1n) is 6.15. The number of hydrogen-bond donors (Lipinski definition) is 3. The third kappa shape index (κ3) is 3.16. The molecule has 0 atom stereocenters. The lowest BCUT2D eigenvalue weighted by molar-refractivity contribution is 0.0957. The number of hydrogen-bond acceptors (Lipinski definition) is 5. The molecule has 4 N–H and O–H groups in total. The smallest absolute Gasteiger partial charge is 0.271 e. The summed E-state index contributed by atoms with van der Waals surface area (Å²) in [5.41, 5.74) is 5.94. The average Bonchev–Trinajstić information content (AvgIpc) is 2.45. The van der Waals surface area contributed by atoms with Gasteiger partial charge < -0.3 is 16.4 Å². The molecule has 0 bridgehead atoms. The zero-order valence-corrected chi connectivity index (χ0v) is 11.2. The molecule has 1 rings (SSSR count). The first-order valence-corrected chi connectivity index (χ1v) is 6.15. The number of nitrogens with two attached hydrogens (primary N) is 1. The summed E-state index contributed by atoms with van der Waals surface area (Å²) in [6, 6.07) is 3.38. The lowest BCUT2D eigenvalue weighted by Gasteiger charge is -2.31. The third-order valence-electron chi connectivity index (χ3n) is 3.26. The van der Waals surface area contributed by atoms with Crippen molar-refractivity contribution in [3.05, 3.63) is 17.8 Å². The van der Waals surface area contributed by atoms with Gasteiger partial charge in [-0.3, -0.25) is 4.79 Å². The molecule has 0 aliphatic carbocycles. The molecule has 0 radical (unpaired) electrons. The molecule has 0 fully saturated rings. The average molecular weight is 251 g/mol. The molecule has 0 spiro atoms. The Hall–Kier alpha value is -1.69. The van der Waals surface area contributed by atoms with Crippen LogP contribution in [0.2, 0.25) is 0 Å². The number of aromatic nitrogens is 2. The Kier molecular flexibility index (Phi) is 5.03. The molecule has 18 heavy (non-hydrogen) atoms. The van der Waals surface area contributed by atoms with Crippen LogP contribution in [0.1, 0.15) is 37.2 Å². The highest BCUT2D eigenvalue weighted by Crippen LogP contribution is 2.19. The van der Waals surface area contributed by atoms with E-state index in [1.165, 1.54) is 0 Å². The van der Waals surface area contributed by atoms with Gasteiger partial charge in [0.15, 0.2) is 5.69 Å². The summed E-state index contributed by atoms with van der Waals surface area (Å²) in [6.45, 7) is 4.68. The fourth-order valence-corrected chi connectivity index (χ4v) is 1.69. The highest BCUT2D eigenvalue weighted by molar-refractivity contribution is 5.91. The first-order chi connectivity index (χ1) is 8.60.